The van der Waals surface area contributed by atoms with Crippen LogP contribution >= 0.6 is 0 Å². The molecule has 1 amide bonds. The lowest BCUT2D eigenvalue weighted by Gasteiger charge is -2.24. The van der Waals surface area contributed by atoms with Crippen LogP contribution in [0.4, 0.5) is 5.69 Å². The van der Waals surface area contributed by atoms with Gasteiger partial charge in [-0.3, -0.25) is 19.9 Å². The Balaban J connectivity index is 1.70. The first-order chi connectivity index (χ1) is 14.1. The van der Waals surface area contributed by atoms with Gasteiger partial charge in [0.15, 0.2) is 0 Å². The van der Waals surface area contributed by atoms with Crippen molar-refractivity contribution in [3.63, 3.8) is 0 Å². The zero-order valence-corrected chi connectivity index (χ0v) is 16.3. The van der Waals surface area contributed by atoms with Gasteiger partial charge in [0, 0.05) is 25.0 Å². The molecule has 1 saturated heterocycles. The van der Waals surface area contributed by atoms with Gasteiger partial charge in [0.2, 0.25) is 5.91 Å². The summed E-state index contributed by atoms with van der Waals surface area (Å²) in [5.74, 6) is 0.330. The maximum Gasteiger partial charge on any atom is 0.274 e. The number of nitrogens with one attached hydrogen (secondary N) is 3. The SMILES string of the molecule is O=C(NCc1ccncc1)C(NCCC1CCNCC1)c1ccccc1[N+](=O)[O-]. The van der Waals surface area contributed by atoms with E-state index in [0.29, 0.717) is 24.6 Å². The second-order valence-corrected chi connectivity index (χ2v) is 7.26. The molecular weight excluding hydrogens is 370 g/mol. The van der Waals surface area contributed by atoms with Crippen LogP contribution in [-0.4, -0.2) is 35.4 Å². The van der Waals surface area contributed by atoms with Crippen LogP contribution in [0, 0.1) is 16.0 Å². The van der Waals surface area contributed by atoms with Crippen LogP contribution in [0.25, 0.3) is 0 Å². The van der Waals surface area contributed by atoms with Gasteiger partial charge in [-0.1, -0.05) is 18.2 Å². The van der Waals surface area contributed by atoms with Crippen molar-refractivity contribution in [1.82, 2.24) is 20.9 Å². The third-order valence-electron chi connectivity index (χ3n) is 5.28. The number of rotatable bonds is 9. The average Bonchev–Trinajstić information content (AvgIpc) is 2.76. The molecule has 1 aromatic carbocycles. The van der Waals surface area contributed by atoms with Gasteiger partial charge in [-0.25, -0.2) is 0 Å². The number of amides is 1. The second-order valence-electron chi connectivity index (χ2n) is 7.26. The van der Waals surface area contributed by atoms with E-state index in [2.05, 4.69) is 20.9 Å². The molecule has 154 valence electrons. The summed E-state index contributed by atoms with van der Waals surface area (Å²) in [6, 6.07) is 9.29. The lowest BCUT2D eigenvalue weighted by atomic mass is 9.94. The third-order valence-corrected chi connectivity index (χ3v) is 5.28. The summed E-state index contributed by atoms with van der Waals surface area (Å²) >= 11 is 0. The largest absolute Gasteiger partial charge is 0.350 e. The molecule has 1 fully saturated rings. The monoisotopic (exact) mass is 397 g/mol. The average molecular weight is 397 g/mol. The fraction of sp³-hybridized carbons (Fsp3) is 0.429. The Morgan fingerprint density at radius 1 is 1.21 bits per heavy atom. The normalized spacial score (nSPS) is 15.6. The van der Waals surface area contributed by atoms with E-state index in [0.717, 1.165) is 37.9 Å². The van der Waals surface area contributed by atoms with Gasteiger partial charge in [-0.15, -0.1) is 0 Å². The van der Waals surface area contributed by atoms with Gasteiger partial charge in [0.05, 0.1) is 10.5 Å². The van der Waals surface area contributed by atoms with Crippen LogP contribution < -0.4 is 16.0 Å². The molecule has 1 atom stereocenters. The summed E-state index contributed by atoms with van der Waals surface area (Å²) in [5.41, 5.74) is 1.25. The maximum atomic E-state index is 13.0. The molecule has 0 saturated carbocycles. The van der Waals surface area contributed by atoms with Crippen molar-refractivity contribution in [1.29, 1.82) is 0 Å². The third kappa shape index (κ3) is 6.07. The van der Waals surface area contributed by atoms with Gasteiger partial charge in [-0.05, 0) is 62.5 Å². The van der Waals surface area contributed by atoms with Crippen LogP contribution in [0.3, 0.4) is 0 Å². The number of benzene rings is 1. The molecule has 2 heterocycles. The van der Waals surface area contributed by atoms with Gasteiger partial charge < -0.3 is 16.0 Å². The first kappa shape index (κ1) is 20.9. The van der Waals surface area contributed by atoms with Crippen molar-refractivity contribution in [2.75, 3.05) is 19.6 Å². The maximum absolute atomic E-state index is 13.0. The van der Waals surface area contributed by atoms with Crippen molar-refractivity contribution >= 4 is 11.6 Å². The Morgan fingerprint density at radius 3 is 2.66 bits per heavy atom. The summed E-state index contributed by atoms with van der Waals surface area (Å²) in [6.07, 6.45) is 6.51. The number of hydrogen-bond acceptors (Lipinski definition) is 6. The molecule has 3 rings (SSSR count). The molecule has 0 bridgehead atoms. The molecule has 8 heteroatoms. The van der Waals surface area contributed by atoms with Crippen LogP contribution in [0.1, 0.15) is 36.4 Å². The fourth-order valence-corrected chi connectivity index (χ4v) is 3.64. The number of nitrogens with zero attached hydrogens (tertiary/aromatic N) is 2. The minimum Gasteiger partial charge on any atom is -0.350 e. The van der Waals surface area contributed by atoms with Gasteiger partial charge >= 0.3 is 0 Å². The summed E-state index contributed by atoms with van der Waals surface area (Å²) in [7, 11) is 0. The molecule has 3 N–H and O–H groups in total. The number of piperidine rings is 1. The van der Waals surface area contributed by atoms with E-state index < -0.39 is 11.0 Å². The number of nitro benzene ring substituents is 1. The predicted molar refractivity (Wildman–Crippen MR) is 110 cm³/mol. The van der Waals surface area contributed by atoms with Gasteiger partial charge in [0.25, 0.3) is 5.69 Å². The molecule has 1 unspecified atom stereocenters. The summed E-state index contributed by atoms with van der Waals surface area (Å²) in [4.78, 5) is 28.0. The van der Waals surface area contributed by atoms with E-state index in [1.54, 1.807) is 30.6 Å². The lowest BCUT2D eigenvalue weighted by Crippen LogP contribution is -2.39. The van der Waals surface area contributed by atoms with E-state index in [1.807, 2.05) is 12.1 Å². The predicted octanol–water partition coefficient (Wildman–Crippen LogP) is 2.33. The van der Waals surface area contributed by atoms with Crippen molar-refractivity contribution in [3.8, 4) is 0 Å². The minimum atomic E-state index is -0.778. The van der Waals surface area contributed by atoms with E-state index in [9.17, 15) is 14.9 Å². The van der Waals surface area contributed by atoms with Crippen LogP contribution in [-0.2, 0) is 11.3 Å². The van der Waals surface area contributed by atoms with Crippen molar-refractivity contribution in [2.45, 2.75) is 31.8 Å². The Kier molecular flexibility index (Phi) is 7.66. The molecule has 2 aromatic rings. The molecule has 0 spiro atoms. The van der Waals surface area contributed by atoms with Crippen LogP contribution in [0.5, 0.6) is 0 Å². The number of carbonyl (C=O) groups is 1. The second kappa shape index (κ2) is 10.6. The highest BCUT2D eigenvalue weighted by Gasteiger charge is 2.27. The molecular formula is C21H27N5O3. The Bertz CT molecular complexity index is 809. The quantitative estimate of drug-likeness (QED) is 0.443. The number of aromatic nitrogens is 1. The molecule has 8 nitrogen and oxygen atoms in total. The van der Waals surface area contributed by atoms with Crippen molar-refractivity contribution in [2.24, 2.45) is 5.92 Å². The van der Waals surface area contributed by atoms with E-state index >= 15 is 0 Å². The number of nitro groups is 1. The topological polar surface area (TPSA) is 109 Å². The highest BCUT2D eigenvalue weighted by atomic mass is 16.6. The molecule has 0 radical (unpaired) electrons. The van der Waals surface area contributed by atoms with E-state index in [-0.39, 0.29) is 11.6 Å². The Morgan fingerprint density at radius 2 is 1.93 bits per heavy atom. The standard InChI is InChI=1S/C21H27N5O3/c27-21(25-15-17-7-12-23-13-8-17)20(18-3-1-2-4-19(18)26(28)29)24-14-9-16-5-10-22-11-6-16/h1-4,7-8,12-13,16,20,22,24H,5-6,9-11,14-15H2,(H,25,27). The molecule has 0 aliphatic carbocycles. The fourth-order valence-electron chi connectivity index (χ4n) is 3.64. The molecule has 1 aromatic heterocycles. The summed E-state index contributed by atoms with van der Waals surface area (Å²) in [5, 5.41) is 21.0. The molecule has 1 aliphatic heterocycles. The van der Waals surface area contributed by atoms with Gasteiger partial charge in [-0.2, -0.15) is 0 Å². The number of hydrogen-bond donors (Lipinski definition) is 3. The zero-order valence-electron chi connectivity index (χ0n) is 16.3. The summed E-state index contributed by atoms with van der Waals surface area (Å²) < 4.78 is 0. The minimum absolute atomic E-state index is 0.0501. The molecule has 29 heavy (non-hydrogen) atoms. The van der Waals surface area contributed by atoms with Crippen LogP contribution in [0.15, 0.2) is 48.8 Å². The van der Waals surface area contributed by atoms with Crippen molar-refractivity contribution in [3.05, 3.63) is 70.0 Å². The van der Waals surface area contributed by atoms with Gasteiger partial charge in [0.1, 0.15) is 6.04 Å². The Labute approximate surface area is 170 Å². The number of para-hydroxylation sites is 1. The highest BCUT2D eigenvalue weighted by Crippen LogP contribution is 2.25. The highest BCUT2D eigenvalue weighted by molar-refractivity contribution is 5.84. The van der Waals surface area contributed by atoms with Crippen LogP contribution in [0.2, 0.25) is 0 Å². The molecule has 1 aliphatic rings. The zero-order chi connectivity index (χ0) is 20.5. The Hall–Kier alpha value is -2.84. The number of carbonyl (C=O) groups excluding carboxylic acids is 1. The number of pyridine rings is 1. The van der Waals surface area contributed by atoms with Crippen molar-refractivity contribution < 1.29 is 9.72 Å². The van der Waals surface area contributed by atoms with E-state index in [4.69, 9.17) is 0 Å². The smallest absolute Gasteiger partial charge is 0.274 e. The first-order valence-corrected chi connectivity index (χ1v) is 9.99. The first-order valence-electron chi connectivity index (χ1n) is 9.99. The summed E-state index contributed by atoms with van der Waals surface area (Å²) in [6.45, 7) is 3.01. The van der Waals surface area contributed by atoms with E-state index in [1.165, 1.54) is 6.07 Å². The lowest BCUT2D eigenvalue weighted by molar-refractivity contribution is -0.385.